The van der Waals surface area contributed by atoms with Crippen molar-refractivity contribution in [2.45, 2.75) is 104 Å². The largest absolute Gasteiger partial charge is 0.481 e. The first kappa shape index (κ1) is 29.5. The molecule has 0 radical (unpaired) electrons. The number of aliphatic carboxylic acids is 2. The van der Waals surface area contributed by atoms with Crippen LogP contribution in [-0.4, -0.2) is 58.6 Å². The maximum absolute atomic E-state index is 11.3. The van der Waals surface area contributed by atoms with Gasteiger partial charge in [0.1, 0.15) is 6.61 Å². The molecule has 172 valence electrons. The second kappa shape index (κ2) is 21.0. The Morgan fingerprint density at radius 2 is 1.24 bits per heavy atom. The van der Waals surface area contributed by atoms with Crippen molar-refractivity contribution >= 4 is 17.9 Å². The lowest BCUT2D eigenvalue weighted by molar-refractivity contribution is -0.148. The molecular weight excluding hydrogens is 380 g/mol. The SMILES string of the molecule is CC(O)COC(C)COC(=O)CCCCC(=O)O.CCCCCCCCC(=O)O. The van der Waals surface area contributed by atoms with Gasteiger partial charge in [0.15, 0.2) is 0 Å². The van der Waals surface area contributed by atoms with Crippen molar-refractivity contribution in [2.24, 2.45) is 0 Å². The number of esters is 1. The molecule has 8 nitrogen and oxygen atoms in total. The summed E-state index contributed by atoms with van der Waals surface area (Å²) in [7, 11) is 0. The molecular formula is C21H40O8. The zero-order chi connectivity index (χ0) is 22.5. The predicted octanol–water partition coefficient (Wildman–Crippen LogP) is 3.78. The summed E-state index contributed by atoms with van der Waals surface area (Å²) in [5.41, 5.74) is 0. The van der Waals surface area contributed by atoms with Gasteiger partial charge in [-0.2, -0.15) is 0 Å². The van der Waals surface area contributed by atoms with Crippen LogP contribution in [0.25, 0.3) is 0 Å². The van der Waals surface area contributed by atoms with Gasteiger partial charge < -0.3 is 24.8 Å². The minimum atomic E-state index is -0.858. The highest BCUT2D eigenvalue weighted by molar-refractivity contribution is 5.69. The van der Waals surface area contributed by atoms with Crippen LogP contribution in [0.4, 0.5) is 0 Å². The van der Waals surface area contributed by atoms with E-state index in [0.717, 1.165) is 12.8 Å². The predicted molar refractivity (Wildman–Crippen MR) is 110 cm³/mol. The van der Waals surface area contributed by atoms with E-state index in [2.05, 4.69) is 6.92 Å². The van der Waals surface area contributed by atoms with E-state index in [-0.39, 0.29) is 38.1 Å². The Balaban J connectivity index is 0. The summed E-state index contributed by atoms with van der Waals surface area (Å²) in [4.78, 5) is 31.6. The molecule has 3 N–H and O–H groups in total. The Labute approximate surface area is 174 Å². The fourth-order valence-corrected chi connectivity index (χ4v) is 2.24. The second-order valence-electron chi connectivity index (χ2n) is 7.19. The Bertz CT molecular complexity index is 423. The third-order valence-corrected chi connectivity index (χ3v) is 3.87. The lowest BCUT2D eigenvalue weighted by atomic mass is 10.1. The van der Waals surface area contributed by atoms with Gasteiger partial charge in [-0.05, 0) is 33.1 Å². The monoisotopic (exact) mass is 420 g/mol. The third-order valence-electron chi connectivity index (χ3n) is 3.87. The number of carboxylic acids is 2. The van der Waals surface area contributed by atoms with Crippen molar-refractivity contribution in [1.82, 2.24) is 0 Å². The van der Waals surface area contributed by atoms with Crippen LogP contribution >= 0.6 is 0 Å². The van der Waals surface area contributed by atoms with Gasteiger partial charge >= 0.3 is 17.9 Å². The first-order valence-corrected chi connectivity index (χ1v) is 10.6. The fraction of sp³-hybridized carbons (Fsp3) is 0.857. The first-order chi connectivity index (χ1) is 13.7. The van der Waals surface area contributed by atoms with Gasteiger partial charge in [-0.15, -0.1) is 0 Å². The van der Waals surface area contributed by atoms with E-state index in [9.17, 15) is 14.4 Å². The van der Waals surface area contributed by atoms with Crippen LogP contribution < -0.4 is 0 Å². The average Bonchev–Trinajstić information content (AvgIpc) is 2.64. The molecule has 0 saturated heterocycles. The molecule has 2 atom stereocenters. The van der Waals surface area contributed by atoms with Crippen molar-refractivity contribution in [1.29, 1.82) is 0 Å². The van der Waals surface area contributed by atoms with E-state index in [0.29, 0.717) is 19.3 Å². The van der Waals surface area contributed by atoms with E-state index in [1.165, 1.54) is 25.7 Å². The van der Waals surface area contributed by atoms with E-state index < -0.39 is 18.0 Å². The summed E-state index contributed by atoms with van der Waals surface area (Å²) in [5, 5.41) is 25.7. The summed E-state index contributed by atoms with van der Waals surface area (Å²) in [6.07, 6.45) is 7.71. The van der Waals surface area contributed by atoms with Crippen molar-refractivity contribution < 1.29 is 39.2 Å². The number of rotatable bonds is 17. The summed E-state index contributed by atoms with van der Waals surface area (Å²) in [6.45, 7) is 5.89. The standard InChI is InChI=1S/C12H22O6.C9H18O2/c1-9(13)7-17-10(2)8-18-12(16)6-4-3-5-11(14)15;1-2-3-4-5-6-7-8-9(10)11/h9-10,13H,3-8H2,1-2H3,(H,14,15);2-8H2,1H3,(H,10,11). The number of hydrogen-bond acceptors (Lipinski definition) is 6. The van der Waals surface area contributed by atoms with Crippen LogP contribution in [0.5, 0.6) is 0 Å². The van der Waals surface area contributed by atoms with Gasteiger partial charge in [0.05, 0.1) is 18.8 Å². The molecule has 0 aliphatic heterocycles. The summed E-state index contributed by atoms with van der Waals surface area (Å²) >= 11 is 0. The number of carbonyl (C=O) groups is 3. The Morgan fingerprint density at radius 1 is 0.759 bits per heavy atom. The van der Waals surface area contributed by atoms with Gasteiger partial charge in [0.2, 0.25) is 0 Å². The fourth-order valence-electron chi connectivity index (χ4n) is 2.24. The smallest absolute Gasteiger partial charge is 0.305 e. The number of aliphatic hydroxyl groups is 1. The van der Waals surface area contributed by atoms with Crippen molar-refractivity contribution in [3.05, 3.63) is 0 Å². The molecule has 0 bridgehead atoms. The number of aliphatic hydroxyl groups excluding tert-OH is 1. The molecule has 0 fully saturated rings. The average molecular weight is 421 g/mol. The molecule has 0 aromatic rings. The molecule has 29 heavy (non-hydrogen) atoms. The molecule has 0 heterocycles. The van der Waals surface area contributed by atoms with Gasteiger partial charge in [0.25, 0.3) is 0 Å². The summed E-state index contributed by atoms with van der Waals surface area (Å²) in [5.74, 6) is -1.88. The molecule has 0 saturated carbocycles. The Morgan fingerprint density at radius 3 is 1.76 bits per heavy atom. The van der Waals surface area contributed by atoms with E-state index in [1.807, 2.05) is 0 Å². The van der Waals surface area contributed by atoms with Gasteiger partial charge in [-0.1, -0.05) is 39.0 Å². The molecule has 0 aliphatic carbocycles. The van der Waals surface area contributed by atoms with Crippen LogP contribution in [-0.2, 0) is 23.9 Å². The van der Waals surface area contributed by atoms with Gasteiger partial charge in [0, 0.05) is 19.3 Å². The second-order valence-corrected chi connectivity index (χ2v) is 7.19. The van der Waals surface area contributed by atoms with Crippen LogP contribution in [0.1, 0.15) is 91.4 Å². The maximum Gasteiger partial charge on any atom is 0.305 e. The van der Waals surface area contributed by atoms with Crippen molar-refractivity contribution in [2.75, 3.05) is 13.2 Å². The highest BCUT2D eigenvalue weighted by atomic mass is 16.6. The topological polar surface area (TPSA) is 130 Å². The maximum atomic E-state index is 11.3. The molecule has 0 aliphatic rings. The highest BCUT2D eigenvalue weighted by Crippen LogP contribution is 2.06. The minimum absolute atomic E-state index is 0.0706. The van der Waals surface area contributed by atoms with Gasteiger partial charge in [-0.25, -0.2) is 0 Å². The van der Waals surface area contributed by atoms with Crippen LogP contribution in [0.2, 0.25) is 0 Å². The normalized spacial score (nSPS) is 12.4. The number of carbonyl (C=O) groups excluding carboxylic acids is 1. The van der Waals surface area contributed by atoms with Crippen LogP contribution in [0, 0.1) is 0 Å². The lowest BCUT2D eigenvalue weighted by Gasteiger charge is -2.14. The molecule has 0 rings (SSSR count). The molecule has 0 spiro atoms. The Kier molecular flexibility index (Phi) is 21.4. The number of carboxylic acid groups (broad SMARTS) is 2. The minimum Gasteiger partial charge on any atom is -0.481 e. The highest BCUT2D eigenvalue weighted by Gasteiger charge is 2.09. The van der Waals surface area contributed by atoms with Gasteiger partial charge in [-0.3, -0.25) is 14.4 Å². The summed E-state index contributed by atoms with van der Waals surface area (Å²) in [6, 6.07) is 0. The molecule has 0 amide bonds. The zero-order valence-corrected chi connectivity index (χ0v) is 18.2. The quantitative estimate of drug-likeness (QED) is 0.239. The lowest BCUT2D eigenvalue weighted by Crippen LogP contribution is -2.23. The Hall–Kier alpha value is -1.67. The first-order valence-electron chi connectivity index (χ1n) is 10.6. The number of unbranched alkanes of at least 4 members (excludes halogenated alkanes) is 6. The van der Waals surface area contributed by atoms with Crippen molar-refractivity contribution in [3.63, 3.8) is 0 Å². The molecule has 2 unspecified atom stereocenters. The number of ether oxygens (including phenoxy) is 2. The summed E-state index contributed by atoms with van der Waals surface area (Å²) < 4.78 is 10.2. The van der Waals surface area contributed by atoms with Crippen molar-refractivity contribution in [3.8, 4) is 0 Å². The van der Waals surface area contributed by atoms with E-state index in [1.54, 1.807) is 13.8 Å². The van der Waals surface area contributed by atoms with Crippen LogP contribution in [0.3, 0.4) is 0 Å². The van der Waals surface area contributed by atoms with E-state index >= 15 is 0 Å². The van der Waals surface area contributed by atoms with Crippen LogP contribution in [0.15, 0.2) is 0 Å². The zero-order valence-electron chi connectivity index (χ0n) is 18.2. The van der Waals surface area contributed by atoms with E-state index in [4.69, 9.17) is 24.8 Å². The number of hydrogen-bond donors (Lipinski definition) is 3. The third kappa shape index (κ3) is 28.6. The molecule has 0 aromatic carbocycles. The molecule has 8 heteroatoms. The molecule has 0 aromatic heterocycles.